The van der Waals surface area contributed by atoms with Crippen LogP contribution in [0.1, 0.15) is 29.1 Å². The van der Waals surface area contributed by atoms with E-state index in [9.17, 15) is 0 Å². The molecule has 2 aromatic heterocycles. The lowest BCUT2D eigenvalue weighted by Crippen LogP contribution is -2.02. The molecule has 5 heteroatoms. The van der Waals surface area contributed by atoms with Gasteiger partial charge in [0.05, 0.1) is 5.39 Å². The summed E-state index contributed by atoms with van der Waals surface area (Å²) in [6.07, 6.45) is 5.32. The maximum absolute atomic E-state index is 6.10. The van der Waals surface area contributed by atoms with Gasteiger partial charge in [-0.25, -0.2) is 9.97 Å². The van der Waals surface area contributed by atoms with Gasteiger partial charge in [0.25, 0.3) is 0 Å². The second kappa shape index (κ2) is 4.82. The van der Waals surface area contributed by atoms with Gasteiger partial charge in [-0.3, -0.25) is 0 Å². The molecule has 0 unspecified atom stereocenters. The number of ether oxygens (including phenoxy) is 1. The predicted molar refractivity (Wildman–Crippen MR) is 74.0 cm³/mol. The van der Waals surface area contributed by atoms with Crippen molar-refractivity contribution in [2.75, 3.05) is 19.5 Å². The van der Waals surface area contributed by atoms with Gasteiger partial charge in [-0.05, 0) is 31.2 Å². The van der Waals surface area contributed by atoms with Crippen LogP contribution in [-0.4, -0.2) is 23.7 Å². The van der Waals surface area contributed by atoms with Gasteiger partial charge in [0.2, 0.25) is 0 Å². The lowest BCUT2D eigenvalue weighted by molar-refractivity contribution is 0.194. The van der Waals surface area contributed by atoms with Crippen molar-refractivity contribution in [3.05, 3.63) is 16.3 Å². The summed E-state index contributed by atoms with van der Waals surface area (Å²) in [6.45, 7) is 0.738. The first kappa shape index (κ1) is 11.9. The second-order valence-corrected chi connectivity index (χ2v) is 5.74. The Kier molecular flexibility index (Phi) is 3.18. The molecule has 0 radical (unpaired) electrons. The summed E-state index contributed by atoms with van der Waals surface area (Å²) < 4.78 is 5.05. The minimum atomic E-state index is 0.659. The highest BCUT2D eigenvalue weighted by atomic mass is 32.1. The lowest BCUT2D eigenvalue weighted by atomic mass is 10.2. The zero-order valence-electron chi connectivity index (χ0n) is 10.5. The Morgan fingerprint density at radius 3 is 3.06 bits per heavy atom. The maximum atomic E-state index is 6.10. The average Bonchev–Trinajstić information content (AvgIpc) is 2.88. The number of aryl methyl sites for hydroxylation is 3. The first-order valence-electron chi connectivity index (χ1n) is 6.35. The summed E-state index contributed by atoms with van der Waals surface area (Å²) in [5.41, 5.74) is 7.50. The Morgan fingerprint density at radius 1 is 1.33 bits per heavy atom. The van der Waals surface area contributed by atoms with E-state index in [1.165, 1.54) is 23.3 Å². The minimum absolute atomic E-state index is 0.659. The van der Waals surface area contributed by atoms with Crippen molar-refractivity contribution in [2.24, 2.45) is 0 Å². The van der Waals surface area contributed by atoms with Crippen LogP contribution >= 0.6 is 11.3 Å². The van der Waals surface area contributed by atoms with Gasteiger partial charge in [0, 0.05) is 25.0 Å². The zero-order chi connectivity index (χ0) is 12.5. The van der Waals surface area contributed by atoms with E-state index in [1.54, 1.807) is 18.4 Å². The average molecular weight is 263 g/mol. The standard InChI is InChI=1S/C13H17N3OS/c1-17-7-3-6-10-15-12(14)11-8-4-2-5-9(8)18-13(11)16-10/h2-7H2,1H3,(H2,14,15,16). The fourth-order valence-electron chi connectivity index (χ4n) is 2.56. The number of rotatable bonds is 4. The van der Waals surface area contributed by atoms with Gasteiger partial charge in [-0.1, -0.05) is 0 Å². The van der Waals surface area contributed by atoms with E-state index in [0.29, 0.717) is 5.82 Å². The van der Waals surface area contributed by atoms with E-state index in [-0.39, 0.29) is 0 Å². The number of hydrogen-bond acceptors (Lipinski definition) is 5. The molecule has 0 amide bonds. The fraction of sp³-hybridized carbons (Fsp3) is 0.538. The number of methoxy groups -OCH3 is 1. The highest BCUT2D eigenvalue weighted by molar-refractivity contribution is 7.19. The van der Waals surface area contributed by atoms with Crippen molar-refractivity contribution in [1.29, 1.82) is 0 Å². The second-order valence-electron chi connectivity index (χ2n) is 4.66. The van der Waals surface area contributed by atoms with E-state index >= 15 is 0 Å². The molecular weight excluding hydrogens is 246 g/mol. The number of anilines is 1. The molecule has 2 N–H and O–H groups in total. The van der Waals surface area contributed by atoms with Crippen molar-refractivity contribution in [3.63, 3.8) is 0 Å². The number of hydrogen-bond donors (Lipinski definition) is 1. The molecule has 0 fully saturated rings. The highest BCUT2D eigenvalue weighted by Gasteiger charge is 2.21. The molecule has 18 heavy (non-hydrogen) atoms. The maximum Gasteiger partial charge on any atom is 0.136 e. The van der Waals surface area contributed by atoms with Gasteiger partial charge in [0.15, 0.2) is 0 Å². The molecule has 0 saturated carbocycles. The third-order valence-corrected chi connectivity index (χ3v) is 4.57. The van der Waals surface area contributed by atoms with E-state index in [0.717, 1.165) is 41.9 Å². The number of nitrogen functional groups attached to an aromatic ring is 1. The summed E-state index contributed by atoms with van der Waals surface area (Å²) in [4.78, 5) is 11.6. The van der Waals surface area contributed by atoms with Gasteiger partial charge >= 0.3 is 0 Å². The molecule has 2 aromatic rings. The van der Waals surface area contributed by atoms with Gasteiger partial charge in [0.1, 0.15) is 16.5 Å². The van der Waals surface area contributed by atoms with Crippen molar-refractivity contribution in [3.8, 4) is 0 Å². The quantitative estimate of drug-likeness (QED) is 0.860. The number of aromatic nitrogens is 2. The highest BCUT2D eigenvalue weighted by Crippen LogP contribution is 2.38. The number of fused-ring (bicyclic) bond motifs is 3. The Bertz CT molecular complexity index is 579. The van der Waals surface area contributed by atoms with Gasteiger partial charge in [-0.15, -0.1) is 11.3 Å². The van der Waals surface area contributed by atoms with Crippen molar-refractivity contribution in [1.82, 2.24) is 9.97 Å². The van der Waals surface area contributed by atoms with Crippen LogP contribution in [0.15, 0.2) is 0 Å². The first-order chi connectivity index (χ1) is 8.79. The predicted octanol–water partition coefficient (Wildman–Crippen LogP) is 2.34. The van der Waals surface area contributed by atoms with Crippen LogP contribution in [0.3, 0.4) is 0 Å². The Morgan fingerprint density at radius 2 is 2.22 bits per heavy atom. The molecule has 0 saturated heterocycles. The summed E-state index contributed by atoms with van der Waals surface area (Å²) in [6, 6.07) is 0. The van der Waals surface area contributed by atoms with Gasteiger partial charge < -0.3 is 10.5 Å². The molecule has 3 rings (SSSR count). The van der Waals surface area contributed by atoms with E-state index in [1.807, 2.05) is 0 Å². The third kappa shape index (κ3) is 1.97. The van der Waals surface area contributed by atoms with Crippen LogP contribution in [0.4, 0.5) is 5.82 Å². The molecule has 0 aromatic carbocycles. The van der Waals surface area contributed by atoms with Crippen molar-refractivity contribution >= 4 is 27.4 Å². The van der Waals surface area contributed by atoms with Crippen LogP contribution in [0.25, 0.3) is 10.2 Å². The molecule has 1 aliphatic carbocycles. The SMILES string of the molecule is COCCCc1nc(N)c2c3c(sc2n1)CCC3. The molecule has 0 bridgehead atoms. The minimum Gasteiger partial charge on any atom is -0.385 e. The molecular formula is C13H17N3OS. The molecule has 0 aliphatic heterocycles. The Labute approximate surface area is 110 Å². The Hall–Kier alpha value is -1.20. The largest absolute Gasteiger partial charge is 0.385 e. The van der Waals surface area contributed by atoms with E-state index < -0.39 is 0 Å². The first-order valence-corrected chi connectivity index (χ1v) is 7.17. The molecule has 4 nitrogen and oxygen atoms in total. The number of nitrogens with two attached hydrogens (primary N) is 1. The molecule has 0 atom stereocenters. The number of thiophene rings is 1. The molecule has 1 aliphatic rings. The fourth-order valence-corrected chi connectivity index (χ4v) is 3.84. The Balaban J connectivity index is 1.96. The normalized spacial score (nSPS) is 14.3. The molecule has 0 spiro atoms. The number of nitrogens with zero attached hydrogens (tertiary/aromatic N) is 2. The molecule has 96 valence electrons. The lowest BCUT2D eigenvalue weighted by Gasteiger charge is -2.03. The van der Waals surface area contributed by atoms with Crippen LogP contribution in [0.2, 0.25) is 0 Å². The smallest absolute Gasteiger partial charge is 0.136 e. The van der Waals surface area contributed by atoms with Gasteiger partial charge in [-0.2, -0.15) is 0 Å². The summed E-state index contributed by atoms with van der Waals surface area (Å²) >= 11 is 1.79. The summed E-state index contributed by atoms with van der Waals surface area (Å²) in [7, 11) is 1.71. The van der Waals surface area contributed by atoms with Crippen LogP contribution in [0.5, 0.6) is 0 Å². The van der Waals surface area contributed by atoms with Crippen LogP contribution in [-0.2, 0) is 24.0 Å². The topological polar surface area (TPSA) is 61.0 Å². The monoisotopic (exact) mass is 263 g/mol. The van der Waals surface area contributed by atoms with Crippen LogP contribution in [0, 0.1) is 0 Å². The van der Waals surface area contributed by atoms with Crippen molar-refractivity contribution in [2.45, 2.75) is 32.1 Å². The zero-order valence-corrected chi connectivity index (χ0v) is 11.3. The van der Waals surface area contributed by atoms with E-state index in [4.69, 9.17) is 10.5 Å². The third-order valence-electron chi connectivity index (χ3n) is 3.39. The van der Waals surface area contributed by atoms with E-state index in [2.05, 4.69) is 9.97 Å². The summed E-state index contributed by atoms with van der Waals surface area (Å²) in [5.74, 6) is 1.50. The van der Waals surface area contributed by atoms with Crippen LogP contribution < -0.4 is 5.73 Å². The molecule has 2 heterocycles. The summed E-state index contributed by atoms with van der Waals surface area (Å²) in [5, 5.41) is 1.11. The van der Waals surface area contributed by atoms with Crippen molar-refractivity contribution < 1.29 is 4.74 Å².